The molecule has 0 aliphatic carbocycles. The van der Waals surface area contributed by atoms with Gasteiger partial charge in [0.2, 0.25) is 0 Å². The predicted octanol–water partition coefficient (Wildman–Crippen LogP) is 4.52. The molecular weight excluding hydrogens is 303 g/mol. The Balaban J connectivity index is 2.01. The molecular formula is C14H12Cl2O2S. The maximum atomic E-state index is 10.1. The minimum Gasteiger partial charge on any atom is -0.506 e. The van der Waals surface area contributed by atoms with Gasteiger partial charge in [-0.3, -0.25) is 0 Å². The fourth-order valence-electron chi connectivity index (χ4n) is 1.56. The molecule has 1 atom stereocenters. The van der Waals surface area contributed by atoms with Crippen molar-refractivity contribution in [1.82, 2.24) is 0 Å². The normalized spacial score (nSPS) is 12.4. The average molecular weight is 315 g/mol. The number of halogens is 2. The van der Waals surface area contributed by atoms with Gasteiger partial charge < -0.3 is 10.2 Å². The van der Waals surface area contributed by atoms with Gasteiger partial charge in [-0.2, -0.15) is 0 Å². The Morgan fingerprint density at radius 1 is 1.11 bits per heavy atom. The molecule has 1 unspecified atom stereocenters. The molecule has 0 amide bonds. The number of phenolic OH excluding ortho intramolecular Hbond substituents is 1. The SMILES string of the molecule is Oc1ccc(C(O)CSc2cccc(Cl)c2)cc1Cl. The second-order valence-electron chi connectivity index (χ2n) is 4.00. The van der Waals surface area contributed by atoms with Crippen molar-refractivity contribution in [1.29, 1.82) is 0 Å². The van der Waals surface area contributed by atoms with E-state index in [-0.39, 0.29) is 10.8 Å². The van der Waals surface area contributed by atoms with Crippen molar-refractivity contribution in [2.24, 2.45) is 0 Å². The van der Waals surface area contributed by atoms with Gasteiger partial charge in [0.15, 0.2) is 0 Å². The second-order valence-corrected chi connectivity index (χ2v) is 5.93. The van der Waals surface area contributed by atoms with E-state index >= 15 is 0 Å². The average Bonchev–Trinajstić information content (AvgIpc) is 2.39. The van der Waals surface area contributed by atoms with E-state index in [9.17, 15) is 10.2 Å². The molecule has 2 rings (SSSR count). The predicted molar refractivity (Wildman–Crippen MR) is 80.3 cm³/mol. The van der Waals surface area contributed by atoms with Gasteiger partial charge in [-0.25, -0.2) is 0 Å². The lowest BCUT2D eigenvalue weighted by Crippen LogP contribution is -2.00. The molecule has 0 fully saturated rings. The quantitative estimate of drug-likeness (QED) is 0.815. The number of benzene rings is 2. The highest BCUT2D eigenvalue weighted by atomic mass is 35.5. The number of aliphatic hydroxyl groups excluding tert-OH is 1. The molecule has 2 N–H and O–H groups in total. The second kappa shape index (κ2) is 6.53. The molecule has 19 heavy (non-hydrogen) atoms. The number of aliphatic hydroxyl groups is 1. The lowest BCUT2D eigenvalue weighted by Gasteiger charge is -2.11. The zero-order valence-corrected chi connectivity index (χ0v) is 12.2. The van der Waals surface area contributed by atoms with Gasteiger partial charge in [-0.05, 0) is 35.9 Å². The van der Waals surface area contributed by atoms with Gasteiger partial charge in [-0.1, -0.05) is 35.3 Å². The number of aromatic hydroxyl groups is 1. The van der Waals surface area contributed by atoms with Crippen molar-refractivity contribution >= 4 is 35.0 Å². The molecule has 2 aromatic rings. The van der Waals surface area contributed by atoms with Gasteiger partial charge in [0.05, 0.1) is 11.1 Å². The van der Waals surface area contributed by atoms with E-state index in [2.05, 4.69) is 0 Å². The molecule has 0 bridgehead atoms. The van der Waals surface area contributed by atoms with E-state index < -0.39 is 6.10 Å². The Morgan fingerprint density at radius 3 is 2.58 bits per heavy atom. The summed E-state index contributed by atoms with van der Waals surface area (Å²) < 4.78 is 0. The molecule has 0 aromatic heterocycles. The van der Waals surface area contributed by atoms with E-state index in [1.807, 2.05) is 24.3 Å². The van der Waals surface area contributed by atoms with Crippen LogP contribution in [0.15, 0.2) is 47.4 Å². The van der Waals surface area contributed by atoms with E-state index in [0.29, 0.717) is 16.3 Å². The van der Waals surface area contributed by atoms with Crippen molar-refractivity contribution in [2.45, 2.75) is 11.0 Å². The number of thioether (sulfide) groups is 1. The molecule has 0 saturated heterocycles. The van der Waals surface area contributed by atoms with Crippen LogP contribution in [-0.4, -0.2) is 16.0 Å². The highest BCUT2D eigenvalue weighted by molar-refractivity contribution is 7.99. The van der Waals surface area contributed by atoms with Crippen LogP contribution in [-0.2, 0) is 0 Å². The van der Waals surface area contributed by atoms with Crippen molar-refractivity contribution in [3.8, 4) is 5.75 Å². The fourth-order valence-corrected chi connectivity index (χ4v) is 2.93. The summed E-state index contributed by atoms with van der Waals surface area (Å²) in [5.41, 5.74) is 0.678. The van der Waals surface area contributed by atoms with Gasteiger partial charge in [-0.15, -0.1) is 11.8 Å². The molecule has 0 spiro atoms. The first-order chi connectivity index (χ1) is 9.06. The van der Waals surface area contributed by atoms with E-state index in [1.165, 1.54) is 17.8 Å². The Kier molecular flexibility index (Phi) is 4.99. The van der Waals surface area contributed by atoms with Crippen molar-refractivity contribution in [3.63, 3.8) is 0 Å². The maximum Gasteiger partial charge on any atom is 0.134 e. The third-order valence-corrected chi connectivity index (χ3v) is 4.17. The third kappa shape index (κ3) is 4.05. The first-order valence-electron chi connectivity index (χ1n) is 5.61. The standard InChI is InChI=1S/C14H12Cl2O2S/c15-10-2-1-3-11(7-10)19-8-14(18)9-4-5-13(17)12(16)6-9/h1-7,14,17-18H,8H2. The van der Waals surface area contributed by atoms with Crippen LogP contribution >= 0.6 is 35.0 Å². The van der Waals surface area contributed by atoms with E-state index in [0.717, 1.165) is 4.90 Å². The van der Waals surface area contributed by atoms with Crippen molar-refractivity contribution in [2.75, 3.05) is 5.75 Å². The summed E-state index contributed by atoms with van der Waals surface area (Å²) in [6.45, 7) is 0. The monoisotopic (exact) mass is 314 g/mol. The lowest BCUT2D eigenvalue weighted by molar-refractivity contribution is 0.204. The van der Waals surface area contributed by atoms with Crippen LogP contribution in [0.2, 0.25) is 10.0 Å². The van der Waals surface area contributed by atoms with Gasteiger partial charge in [0.1, 0.15) is 5.75 Å². The molecule has 100 valence electrons. The topological polar surface area (TPSA) is 40.5 Å². The highest BCUT2D eigenvalue weighted by Crippen LogP contribution is 2.30. The summed E-state index contributed by atoms with van der Waals surface area (Å²) in [4.78, 5) is 0.997. The van der Waals surface area contributed by atoms with Crippen molar-refractivity contribution < 1.29 is 10.2 Å². The Bertz CT molecular complexity index is 575. The molecule has 0 aliphatic heterocycles. The smallest absolute Gasteiger partial charge is 0.134 e. The Hall–Kier alpha value is -0.870. The van der Waals surface area contributed by atoms with Crippen LogP contribution < -0.4 is 0 Å². The summed E-state index contributed by atoms with van der Waals surface area (Å²) in [5.74, 6) is 0.502. The molecule has 2 aromatic carbocycles. The zero-order chi connectivity index (χ0) is 13.8. The first-order valence-corrected chi connectivity index (χ1v) is 7.35. The molecule has 0 aliphatic rings. The number of rotatable bonds is 4. The van der Waals surface area contributed by atoms with Crippen LogP contribution in [0.4, 0.5) is 0 Å². The summed E-state index contributed by atoms with van der Waals surface area (Å²) in [6.07, 6.45) is -0.651. The molecule has 5 heteroatoms. The third-order valence-electron chi connectivity index (χ3n) is 2.56. The molecule has 0 saturated carbocycles. The van der Waals surface area contributed by atoms with Gasteiger partial charge in [0.25, 0.3) is 0 Å². The summed E-state index contributed by atoms with van der Waals surface area (Å²) in [5, 5.41) is 20.3. The van der Waals surface area contributed by atoms with Crippen LogP contribution in [0.1, 0.15) is 11.7 Å². The first kappa shape index (κ1) is 14.5. The van der Waals surface area contributed by atoms with Gasteiger partial charge >= 0.3 is 0 Å². The molecule has 0 radical (unpaired) electrons. The summed E-state index contributed by atoms with van der Waals surface area (Å²) in [6, 6.07) is 12.2. The van der Waals surface area contributed by atoms with Gasteiger partial charge in [0, 0.05) is 15.7 Å². The largest absolute Gasteiger partial charge is 0.506 e. The van der Waals surface area contributed by atoms with Crippen molar-refractivity contribution in [3.05, 3.63) is 58.1 Å². The van der Waals surface area contributed by atoms with Crippen LogP contribution in [0.3, 0.4) is 0 Å². The van der Waals surface area contributed by atoms with Crippen LogP contribution in [0, 0.1) is 0 Å². The van der Waals surface area contributed by atoms with Crippen LogP contribution in [0.25, 0.3) is 0 Å². The molecule has 2 nitrogen and oxygen atoms in total. The summed E-state index contributed by atoms with van der Waals surface area (Å²) in [7, 11) is 0. The highest BCUT2D eigenvalue weighted by Gasteiger charge is 2.10. The Labute approximate surface area is 126 Å². The lowest BCUT2D eigenvalue weighted by atomic mass is 10.1. The number of phenols is 1. The van der Waals surface area contributed by atoms with Crippen LogP contribution in [0.5, 0.6) is 5.75 Å². The summed E-state index contributed by atoms with van der Waals surface area (Å²) >= 11 is 13.2. The number of hydrogen-bond acceptors (Lipinski definition) is 3. The number of hydrogen-bond donors (Lipinski definition) is 2. The van der Waals surface area contributed by atoms with E-state index in [4.69, 9.17) is 23.2 Å². The maximum absolute atomic E-state index is 10.1. The fraction of sp³-hybridized carbons (Fsp3) is 0.143. The minimum atomic E-state index is -0.651. The minimum absolute atomic E-state index is 0.0140. The van der Waals surface area contributed by atoms with E-state index in [1.54, 1.807) is 12.1 Å². The molecule has 0 heterocycles. The Morgan fingerprint density at radius 2 is 1.89 bits per heavy atom. The zero-order valence-electron chi connectivity index (χ0n) is 9.88.